The molecule has 0 fully saturated rings. The zero-order chi connectivity index (χ0) is 17.0. The summed E-state index contributed by atoms with van der Waals surface area (Å²) in [7, 11) is 0. The summed E-state index contributed by atoms with van der Waals surface area (Å²) in [4.78, 5) is 4.00. The highest BCUT2D eigenvalue weighted by molar-refractivity contribution is 5.84. The highest BCUT2D eigenvalue weighted by Gasteiger charge is 2.29. The first-order chi connectivity index (χ1) is 10.1. The first-order valence-corrected chi connectivity index (χ1v) is 6.53. The van der Waals surface area contributed by atoms with Gasteiger partial charge in [0.1, 0.15) is 0 Å². The van der Waals surface area contributed by atoms with Gasteiger partial charge in [-0.25, -0.2) is 0 Å². The molecule has 9 nitrogen and oxygen atoms in total. The summed E-state index contributed by atoms with van der Waals surface area (Å²) in [6, 6.07) is 2.52. The maximum atomic E-state index is 8.82. The minimum Gasteiger partial charge on any atom is -0.413 e. The highest BCUT2D eigenvalue weighted by atomic mass is 16.9. The van der Waals surface area contributed by atoms with E-state index in [9.17, 15) is 0 Å². The fraction of sp³-hybridized carbons (Fsp3) is 0.462. The van der Waals surface area contributed by atoms with Crippen molar-refractivity contribution in [3.63, 3.8) is 0 Å². The van der Waals surface area contributed by atoms with Gasteiger partial charge in [-0.15, -0.1) is 0 Å². The number of hydrogen-bond donors (Lipinski definition) is 6. The van der Waals surface area contributed by atoms with Crippen molar-refractivity contribution in [2.45, 2.75) is 32.6 Å². The van der Waals surface area contributed by atoms with E-state index >= 15 is 0 Å². The van der Waals surface area contributed by atoms with E-state index < -0.39 is 23.8 Å². The molecule has 22 heavy (non-hydrogen) atoms. The summed E-state index contributed by atoms with van der Waals surface area (Å²) in [6.45, 7) is 4.51. The van der Waals surface area contributed by atoms with Crippen LogP contribution in [0.3, 0.4) is 0 Å². The summed E-state index contributed by atoms with van der Waals surface area (Å²) in [5.41, 5.74) is 1.26. The van der Waals surface area contributed by atoms with Crippen LogP contribution in [0, 0.1) is 0 Å². The fourth-order valence-electron chi connectivity index (χ4n) is 1.76. The van der Waals surface area contributed by atoms with E-state index in [2.05, 4.69) is 14.5 Å². The van der Waals surface area contributed by atoms with Crippen molar-refractivity contribution in [2.24, 2.45) is 4.99 Å². The average molecular weight is 317 g/mol. The number of rotatable bonds is 4. The van der Waals surface area contributed by atoms with Crippen LogP contribution in [-0.4, -0.2) is 55.7 Å². The molecule has 6 N–H and O–H groups in total. The number of ether oxygens (including phenoxy) is 2. The van der Waals surface area contributed by atoms with Crippen LogP contribution in [0.5, 0.6) is 11.5 Å². The Kier molecular flexibility index (Phi) is 5.83. The van der Waals surface area contributed by atoms with Crippen molar-refractivity contribution in [1.82, 2.24) is 0 Å². The van der Waals surface area contributed by atoms with Crippen LogP contribution in [0.1, 0.15) is 25.0 Å². The molecular formula is C13H19NO8. The monoisotopic (exact) mass is 317 g/mol. The lowest BCUT2D eigenvalue weighted by Gasteiger charge is -2.23. The lowest BCUT2D eigenvalue weighted by Crippen LogP contribution is -2.37. The second-order valence-corrected chi connectivity index (χ2v) is 4.13. The molecule has 9 heteroatoms. The number of hydrogen-bond acceptors (Lipinski definition) is 9. The maximum Gasteiger partial charge on any atom is 0.453 e. The van der Waals surface area contributed by atoms with Gasteiger partial charge in [0, 0.05) is 12.8 Å². The topological polar surface area (TPSA) is 152 Å². The smallest absolute Gasteiger partial charge is 0.413 e. The van der Waals surface area contributed by atoms with Gasteiger partial charge in [-0.1, -0.05) is 13.8 Å². The molecule has 2 rings (SSSR count). The van der Waals surface area contributed by atoms with Crippen molar-refractivity contribution in [3.05, 3.63) is 23.3 Å². The molecule has 0 unspecified atom stereocenters. The number of fused-ring (bicyclic) bond motifs is 1. The van der Waals surface area contributed by atoms with Gasteiger partial charge in [0.05, 0.1) is 0 Å². The Balaban J connectivity index is 0.00000116. The largest absolute Gasteiger partial charge is 0.453 e. The molecule has 0 radical (unpaired) electrons. The van der Waals surface area contributed by atoms with Crippen LogP contribution >= 0.6 is 0 Å². The Hall–Kier alpha value is -1.75. The Morgan fingerprint density at radius 2 is 1.41 bits per heavy atom. The molecule has 0 saturated heterocycles. The molecule has 1 heterocycles. The van der Waals surface area contributed by atoms with E-state index in [0.29, 0.717) is 24.1 Å². The van der Waals surface area contributed by atoms with E-state index in [1.807, 2.05) is 13.8 Å². The number of aliphatic imine (C=N–C) groups is 1. The van der Waals surface area contributed by atoms with E-state index in [0.717, 1.165) is 0 Å². The van der Waals surface area contributed by atoms with Gasteiger partial charge in [-0.05, 0) is 29.7 Å². The number of aliphatic hydroxyl groups is 6. The normalized spacial score (nSPS) is 13.8. The molecule has 1 aliphatic heterocycles. The van der Waals surface area contributed by atoms with Crippen LogP contribution < -0.4 is 9.47 Å². The van der Waals surface area contributed by atoms with Gasteiger partial charge in [-0.2, -0.15) is 0 Å². The molecule has 0 bridgehead atoms. The Labute approximate surface area is 126 Å². The summed E-state index contributed by atoms with van der Waals surface area (Å²) >= 11 is 0. The summed E-state index contributed by atoms with van der Waals surface area (Å²) in [5, 5.41) is 52.9. The van der Waals surface area contributed by atoms with Crippen LogP contribution in [-0.2, 0) is 6.42 Å². The third-order valence-electron chi connectivity index (χ3n) is 2.44. The predicted octanol–water partition coefficient (Wildman–Crippen LogP) is -1.38. The van der Waals surface area contributed by atoms with Gasteiger partial charge in [0.15, 0.2) is 11.5 Å². The standard InChI is InChI=1S/C11H13NO8.C2H6/c13-10(14,15)19-8-3-6-1-2-12-5-7(6)4-9(8)20-11(16,17)18;1-2/h3-5,13-18H,1-2H2;1-2H3. The molecule has 0 saturated carbocycles. The van der Waals surface area contributed by atoms with Crippen LogP contribution in [0.25, 0.3) is 0 Å². The molecular weight excluding hydrogens is 298 g/mol. The minimum absolute atomic E-state index is 0.409. The molecule has 124 valence electrons. The molecule has 0 atom stereocenters. The van der Waals surface area contributed by atoms with E-state index in [1.54, 1.807) is 0 Å². The van der Waals surface area contributed by atoms with E-state index in [1.165, 1.54) is 18.3 Å². The zero-order valence-electron chi connectivity index (χ0n) is 12.1. The van der Waals surface area contributed by atoms with Crippen LogP contribution in [0.2, 0.25) is 0 Å². The van der Waals surface area contributed by atoms with Gasteiger partial charge in [-0.3, -0.25) is 4.99 Å². The molecule has 0 amide bonds. The Bertz CT molecular complexity index is 530. The SMILES string of the molecule is CC.OC(O)(O)Oc1cc2c(cc1OC(O)(O)O)CCN=C2. The quantitative estimate of drug-likeness (QED) is 0.372. The summed E-state index contributed by atoms with van der Waals surface area (Å²) < 4.78 is 8.80. The fourth-order valence-corrected chi connectivity index (χ4v) is 1.76. The number of nitrogens with zero attached hydrogens (tertiary/aromatic N) is 1. The van der Waals surface area contributed by atoms with E-state index in [-0.39, 0.29) is 0 Å². The molecule has 0 aliphatic carbocycles. The maximum absolute atomic E-state index is 8.82. The van der Waals surface area contributed by atoms with Gasteiger partial charge in [0.25, 0.3) is 0 Å². The second-order valence-electron chi connectivity index (χ2n) is 4.13. The lowest BCUT2D eigenvalue weighted by molar-refractivity contribution is -0.428. The lowest BCUT2D eigenvalue weighted by atomic mass is 10.0. The summed E-state index contributed by atoms with van der Waals surface area (Å²) in [5.74, 6) is -0.848. The average Bonchev–Trinajstić information content (AvgIpc) is 2.38. The first kappa shape index (κ1) is 18.3. The second kappa shape index (κ2) is 7.01. The third kappa shape index (κ3) is 5.56. The van der Waals surface area contributed by atoms with Crippen molar-refractivity contribution < 1.29 is 40.1 Å². The van der Waals surface area contributed by atoms with Crippen LogP contribution in [0.4, 0.5) is 0 Å². The third-order valence-corrected chi connectivity index (χ3v) is 2.44. The minimum atomic E-state index is -3.50. The van der Waals surface area contributed by atoms with Gasteiger partial charge in [0.2, 0.25) is 0 Å². The zero-order valence-corrected chi connectivity index (χ0v) is 12.1. The molecule has 1 aliphatic rings. The number of benzene rings is 1. The van der Waals surface area contributed by atoms with Crippen LogP contribution in [0.15, 0.2) is 17.1 Å². The van der Waals surface area contributed by atoms with Crippen molar-refractivity contribution in [3.8, 4) is 11.5 Å². The molecule has 1 aromatic carbocycles. The van der Waals surface area contributed by atoms with Gasteiger partial charge < -0.3 is 40.1 Å². The molecule has 1 aromatic rings. The van der Waals surface area contributed by atoms with Gasteiger partial charge >= 0.3 is 12.3 Å². The molecule has 0 aromatic heterocycles. The first-order valence-electron chi connectivity index (χ1n) is 6.53. The van der Waals surface area contributed by atoms with E-state index in [4.69, 9.17) is 30.6 Å². The summed E-state index contributed by atoms with van der Waals surface area (Å²) in [6.07, 6.45) is -4.97. The molecule has 0 spiro atoms. The Morgan fingerprint density at radius 1 is 0.909 bits per heavy atom. The van der Waals surface area contributed by atoms with Crippen molar-refractivity contribution >= 4 is 6.21 Å². The predicted molar refractivity (Wildman–Crippen MR) is 74.0 cm³/mol. The Morgan fingerprint density at radius 3 is 1.91 bits per heavy atom. The van der Waals surface area contributed by atoms with Crippen molar-refractivity contribution in [1.29, 1.82) is 0 Å². The van der Waals surface area contributed by atoms with Crippen molar-refractivity contribution in [2.75, 3.05) is 6.54 Å². The highest BCUT2D eigenvalue weighted by Crippen LogP contribution is 2.34.